The van der Waals surface area contributed by atoms with E-state index in [1.165, 1.54) is 18.2 Å². The van der Waals surface area contributed by atoms with Gasteiger partial charge in [0.2, 0.25) is 0 Å². The summed E-state index contributed by atoms with van der Waals surface area (Å²) in [5, 5.41) is 3.61. The quantitative estimate of drug-likeness (QED) is 0.891. The largest absolute Gasteiger partial charge is 0.309 e. The molecule has 0 aromatic heterocycles. The highest BCUT2D eigenvalue weighted by atomic mass is 19.1. The number of rotatable bonds is 5. The summed E-state index contributed by atoms with van der Waals surface area (Å²) in [6, 6.07) is 4.11. The molecule has 2 rings (SSSR count). The maximum Gasteiger partial charge on any atom is 0.127 e. The van der Waals surface area contributed by atoms with E-state index < -0.39 is 0 Å². The van der Waals surface area contributed by atoms with Gasteiger partial charge in [0.15, 0.2) is 0 Å². The zero-order chi connectivity index (χ0) is 15.5. The van der Waals surface area contributed by atoms with E-state index in [4.69, 9.17) is 0 Å². The van der Waals surface area contributed by atoms with Crippen LogP contribution in [0.2, 0.25) is 0 Å². The summed E-state index contributed by atoms with van der Waals surface area (Å²) in [6.07, 6.45) is 3.19. The molecule has 1 aromatic rings. The van der Waals surface area contributed by atoms with Gasteiger partial charge in [-0.05, 0) is 38.0 Å². The minimum Gasteiger partial charge on any atom is -0.309 e. The van der Waals surface area contributed by atoms with Crippen LogP contribution in [-0.2, 0) is 6.54 Å². The highest BCUT2D eigenvalue weighted by molar-refractivity contribution is 5.19. The first-order chi connectivity index (χ1) is 9.97. The zero-order valence-corrected chi connectivity index (χ0v) is 13.3. The molecule has 1 N–H and O–H groups in total. The molecule has 0 bridgehead atoms. The lowest BCUT2D eigenvalue weighted by Crippen LogP contribution is -2.62. The topological polar surface area (TPSA) is 15.3 Å². The van der Waals surface area contributed by atoms with Crippen molar-refractivity contribution in [2.45, 2.75) is 58.2 Å². The normalized spacial score (nSPS) is 27.0. The second-order valence-corrected chi connectivity index (χ2v) is 6.38. The molecule has 21 heavy (non-hydrogen) atoms. The number of hydrogen-bond donors (Lipinski definition) is 1. The summed E-state index contributed by atoms with van der Waals surface area (Å²) in [5.74, 6) is -0.685. The molecule has 2 nitrogen and oxygen atoms in total. The van der Waals surface area contributed by atoms with Gasteiger partial charge in [-0.15, -0.1) is 0 Å². The summed E-state index contributed by atoms with van der Waals surface area (Å²) in [7, 11) is 0. The van der Waals surface area contributed by atoms with Crippen LogP contribution in [0.1, 0.15) is 45.6 Å². The van der Waals surface area contributed by atoms with Gasteiger partial charge >= 0.3 is 0 Å². The zero-order valence-electron chi connectivity index (χ0n) is 13.3. The van der Waals surface area contributed by atoms with E-state index in [0.29, 0.717) is 18.2 Å². The first kappa shape index (κ1) is 16.4. The fourth-order valence-corrected chi connectivity index (χ4v) is 3.05. The summed E-state index contributed by atoms with van der Waals surface area (Å²) < 4.78 is 27.3. The maximum atomic E-state index is 13.9. The third-order valence-electron chi connectivity index (χ3n) is 4.62. The predicted molar refractivity (Wildman–Crippen MR) is 82.2 cm³/mol. The predicted octanol–water partition coefficient (Wildman–Crippen LogP) is 3.71. The molecule has 118 valence electrons. The molecule has 1 aromatic carbocycles. The summed E-state index contributed by atoms with van der Waals surface area (Å²) in [4.78, 5) is 2.31. The number of hydrogen-bond acceptors (Lipinski definition) is 2. The molecule has 0 radical (unpaired) electrons. The highest BCUT2D eigenvalue weighted by Gasteiger charge is 2.34. The van der Waals surface area contributed by atoms with Crippen molar-refractivity contribution in [3.63, 3.8) is 0 Å². The molecular weight excluding hydrogens is 270 g/mol. The van der Waals surface area contributed by atoms with Gasteiger partial charge in [0.05, 0.1) is 0 Å². The molecule has 1 aliphatic rings. The van der Waals surface area contributed by atoms with Crippen LogP contribution in [0.4, 0.5) is 8.78 Å². The Morgan fingerprint density at radius 2 is 2.10 bits per heavy atom. The van der Waals surface area contributed by atoms with Gasteiger partial charge in [0, 0.05) is 36.8 Å². The number of nitrogens with zero attached hydrogens (tertiary/aromatic N) is 1. The van der Waals surface area contributed by atoms with Gasteiger partial charge in [0.1, 0.15) is 11.6 Å². The van der Waals surface area contributed by atoms with Crippen LogP contribution < -0.4 is 5.32 Å². The Labute approximate surface area is 126 Å². The molecule has 2 atom stereocenters. The Hall–Kier alpha value is -1.00. The average Bonchev–Trinajstić information content (AvgIpc) is 2.46. The Morgan fingerprint density at radius 3 is 2.76 bits per heavy atom. The molecule has 4 heteroatoms. The SMILES string of the molecule is CCCC1CNC(C)(CC)CN1Cc1cc(F)ccc1F. The lowest BCUT2D eigenvalue weighted by Gasteiger charge is -2.46. The summed E-state index contributed by atoms with van der Waals surface area (Å²) in [5.41, 5.74) is 0.505. The van der Waals surface area contributed by atoms with Gasteiger partial charge < -0.3 is 5.32 Å². The van der Waals surface area contributed by atoms with E-state index in [9.17, 15) is 8.78 Å². The Morgan fingerprint density at radius 1 is 1.33 bits per heavy atom. The minimum absolute atomic E-state index is 0.0496. The van der Waals surface area contributed by atoms with Crippen molar-refractivity contribution in [1.29, 1.82) is 0 Å². The summed E-state index contributed by atoms with van der Waals surface area (Å²) >= 11 is 0. The van der Waals surface area contributed by atoms with E-state index in [0.717, 1.165) is 32.4 Å². The number of nitrogens with one attached hydrogen (secondary N) is 1. The molecule has 1 heterocycles. The smallest absolute Gasteiger partial charge is 0.127 e. The lowest BCUT2D eigenvalue weighted by atomic mass is 9.92. The van der Waals surface area contributed by atoms with Crippen molar-refractivity contribution in [2.75, 3.05) is 13.1 Å². The first-order valence-electron chi connectivity index (χ1n) is 7.90. The third kappa shape index (κ3) is 4.01. The van der Waals surface area contributed by atoms with Crippen LogP contribution in [0.25, 0.3) is 0 Å². The molecule has 1 saturated heterocycles. The van der Waals surface area contributed by atoms with Crippen LogP contribution >= 0.6 is 0 Å². The number of piperazine rings is 1. The van der Waals surface area contributed by atoms with Gasteiger partial charge in [-0.1, -0.05) is 20.3 Å². The molecule has 0 amide bonds. The van der Waals surface area contributed by atoms with Gasteiger partial charge in [-0.25, -0.2) is 8.78 Å². The molecule has 0 aliphatic carbocycles. The monoisotopic (exact) mass is 296 g/mol. The molecule has 0 spiro atoms. The fraction of sp³-hybridized carbons (Fsp3) is 0.647. The number of benzene rings is 1. The van der Waals surface area contributed by atoms with Crippen LogP contribution in [0.5, 0.6) is 0 Å². The van der Waals surface area contributed by atoms with E-state index in [1.54, 1.807) is 0 Å². The van der Waals surface area contributed by atoms with Crippen LogP contribution in [0.15, 0.2) is 18.2 Å². The molecule has 1 aliphatic heterocycles. The van der Waals surface area contributed by atoms with Crippen molar-refractivity contribution in [3.05, 3.63) is 35.4 Å². The third-order valence-corrected chi connectivity index (χ3v) is 4.62. The van der Waals surface area contributed by atoms with Crippen molar-refractivity contribution >= 4 is 0 Å². The highest BCUT2D eigenvalue weighted by Crippen LogP contribution is 2.24. The first-order valence-corrected chi connectivity index (χ1v) is 7.90. The number of halogens is 2. The van der Waals surface area contributed by atoms with Crippen LogP contribution in [-0.4, -0.2) is 29.6 Å². The Balaban J connectivity index is 2.17. The van der Waals surface area contributed by atoms with Crippen molar-refractivity contribution in [2.24, 2.45) is 0 Å². The maximum absolute atomic E-state index is 13.9. The Kier molecular flexibility index (Phi) is 5.33. The van der Waals surface area contributed by atoms with Crippen LogP contribution in [0.3, 0.4) is 0 Å². The van der Waals surface area contributed by atoms with E-state index in [-0.39, 0.29) is 17.2 Å². The lowest BCUT2D eigenvalue weighted by molar-refractivity contribution is 0.0715. The molecule has 1 fully saturated rings. The van der Waals surface area contributed by atoms with Crippen molar-refractivity contribution < 1.29 is 8.78 Å². The van der Waals surface area contributed by atoms with Crippen molar-refractivity contribution in [3.8, 4) is 0 Å². The molecule has 0 saturated carbocycles. The second kappa shape index (κ2) is 6.84. The van der Waals surface area contributed by atoms with Crippen molar-refractivity contribution in [1.82, 2.24) is 10.2 Å². The van der Waals surface area contributed by atoms with Crippen LogP contribution in [0, 0.1) is 11.6 Å². The minimum atomic E-state index is -0.369. The Bertz CT molecular complexity index is 478. The standard InChI is InChI=1S/C17H26F2N2/c1-4-6-15-10-20-17(3,5-2)12-21(15)11-13-9-14(18)7-8-16(13)19/h7-9,15,20H,4-6,10-12H2,1-3H3. The fourth-order valence-electron chi connectivity index (χ4n) is 3.05. The van der Waals surface area contributed by atoms with E-state index in [1.807, 2.05) is 0 Å². The van der Waals surface area contributed by atoms with E-state index in [2.05, 4.69) is 31.0 Å². The second-order valence-electron chi connectivity index (χ2n) is 6.38. The van der Waals surface area contributed by atoms with Gasteiger partial charge in [-0.3, -0.25) is 4.90 Å². The van der Waals surface area contributed by atoms with Gasteiger partial charge in [-0.2, -0.15) is 0 Å². The molecular formula is C17H26F2N2. The molecule has 2 unspecified atom stereocenters. The summed E-state index contributed by atoms with van der Waals surface area (Å²) in [6.45, 7) is 8.78. The van der Waals surface area contributed by atoms with Gasteiger partial charge in [0.25, 0.3) is 0 Å². The van der Waals surface area contributed by atoms with E-state index >= 15 is 0 Å². The average molecular weight is 296 g/mol.